The molecule has 0 aromatic heterocycles. The molecule has 0 saturated heterocycles. The fourth-order valence-corrected chi connectivity index (χ4v) is 2.16. The molecular weight excluding hydrogens is 266 g/mol. The average molecular weight is 287 g/mol. The predicted molar refractivity (Wildman–Crippen MR) is 84.0 cm³/mol. The summed E-state index contributed by atoms with van der Waals surface area (Å²) in [5.74, 6) is 1.54. The normalized spacial score (nSPS) is 10.2. The number of nitrogens with one attached hydrogen (secondary N) is 1. The van der Waals surface area contributed by atoms with Gasteiger partial charge in [-0.25, -0.2) is 0 Å². The van der Waals surface area contributed by atoms with Crippen molar-refractivity contribution < 1.29 is 14.2 Å². The maximum Gasteiger partial charge on any atom is 0.145 e. The van der Waals surface area contributed by atoms with Crippen molar-refractivity contribution in [2.24, 2.45) is 0 Å². The number of methoxy groups -OCH3 is 3. The number of anilines is 1. The van der Waals surface area contributed by atoms with Crippen LogP contribution in [-0.4, -0.2) is 21.3 Å². The van der Waals surface area contributed by atoms with E-state index in [0.29, 0.717) is 13.2 Å². The minimum atomic E-state index is 0.609. The van der Waals surface area contributed by atoms with Gasteiger partial charge in [0.15, 0.2) is 0 Å². The summed E-state index contributed by atoms with van der Waals surface area (Å²) in [4.78, 5) is 0. The Morgan fingerprint density at radius 3 is 2.33 bits per heavy atom. The Kier molecular flexibility index (Phi) is 5.46. The number of benzene rings is 2. The molecule has 112 valence electrons. The molecule has 0 amide bonds. The Morgan fingerprint density at radius 1 is 0.905 bits per heavy atom. The molecular formula is C17H21NO3. The molecule has 0 unspecified atom stereocenters. The van der Waals surface area contributed by atoms with Crippen LogP contribution in [0.25, 0.3) is 0 Å². The van der Waals surface area contributed by atoms with Crippen LogP contribution in [-0.2, 0) is 17.9 Å². The van der Waals surface area contributed by atoms with Crippen LogP contribution in [0.4, 0.5) is 5.69 Å². The van der Waals surface area contributed by atoms with Crippen molar-refractivity contribution in [3.8, 4) is 11.5 Å². The van der Waals surface area contributed by atoms with Crippen LogP contribution < -0.4 is 14.8 Å². The number of hydrogen-bond acceptors (Lipinski definition) is 4. The third-order valence-electron chi connectivity index (χ3n) is 3.30. The molecule has 0 spiro atoms. The van der Waals surface area contributed by atoms with Crippen LogP contribution in [0.3, 0.4) is 0 Å². The van der Waals surface area contributed by atoms with E-state index in [2.05, 4.69) is 17.4 Å². The highest BCUT2D eigenvalue weighted by atomic mass is 16.5. The number of hydrogen-bond donors (Lipinski definition) is 1. The standard InChI is InChI=1S/C17H21NO3/c1-19-12-14-7-5-4-6-13(14)11-18-16-9-8-15(20-2)10-17(16)21-3/h4-10,18H,11-12H2,1-3H3. The van der Waals surface area contributed by atoms with Gasteiger partial charge in [-0.05, 0) is 23.3 Å². The molecule has 21 heavy (non-hydrogen) atoms. The first-order valence-corrected chi connectivity index (χ1v) is 6.80. The minimum absolute atomic E-state index is 0.609. The van der Waals surface area contributed by atoms with Crippen LogP contribution in [0, 0.1) is 0 Å². The maximum absolute atomic E-state index is 5.39. The van der Waals surface area contributed by atoms with E-state index in [0.717, 1.165) is 17.2 Å². The van der Waals surface area contributed by atoms with E-state index in [1.165, 1.54) is 11.1 Å². The smallest absolute Gasteiger partial charge is 0.145 e. The van der Waals surface area contributed by atoms with E-state index in [-0.39, 0.29) is 0 Å². The molecule has 4 heteroatoms. The first kappa shape index (κ1) is 15.2. The lowest BCUT2D eigenvalue weighted by molar-refractivity contribution is 0.184. The van der Waals surface area contributed by atoms with Gasteiger partial charge in [0.25, 0.3) is 0 Å². The summed E-state index contributed by atoms with van der Waals surface area (Å²) in [6.07, 6.45) is 0. The van der Waals surface area contributed by atoms with E-state index in [1.807, 2.05) is 30.3 Å². The van der Waals surface area contributed by atoms with Crippen LogP contribution in [0.1, 0.15) is 11.1 Å². The second-order valence-corrected chi connectivity index (χ2v) is 4.62. The van der Waals surface area contributed by atoms with Gasteiger partial charge in [-0.3, -0.25) is 0 Å². The van der Waals surface area contributed by atoms with Gasteiger partial charge in [0.2, 0.25) is 0 Å². The Labute approximate surface area is 125 Å². The quantitative estimate of drug-likeness (QED) is 0.846. The van der Waals surface area contributed by atoms with Crippen LogP contribution in [0.15, 0.2) is 42.5 Å². The second-order valence-electron chi connectivity index (χ2n) is 4.62. The van der Waals surface area contributed by atoms with Gasteiger partial charge in [0.05, 0.1) is 26.5 Å². The van der Waals surface area contributed by atoms with Crippen LogP contribution >= 0.6 is 0 Å². The monoisotopic (exact) mass is 287 g/mol. The molecule has 2 aromatic carbocycles. The van der Waals surface area contributed by atoms with Gasteiger partial charge in [-0.15, -0.1) is 0 Å². The van der Waals surface area contributed by atoms with Crippen molar-refractivity contribution in [2.75, 3.05) is 26.6 Å². The van der Waals surface area contributed by atoms with Crippen molar-refractivity contribution in [3.05, 3.63) is 53.6 Å². The lowest BCUT2D eigenvalue weighted by Crippen LogP contribution is -2.05. The highest BCUT2D eigenvalue weighted by Gasteiger charge is 2.06. The van der Waals surface area contributed by atoms with Crippen molar-refractivity contribution in [3.63, 3.8) is 0 Å². The van der Waals surface area contributed by atoms with E-state index in [1.54, 1.807) is 21.3 Å². The van der Waals surface area contributed by atoms with E-state index in [4.69, 9.17) is 14.2 Å². The Morgan fingerprint density at radius 2 is 1.67 bits per heavy atom. The van der Waals surface area contributed by atoms with Crippen molar-refractivity contribution in [2.45, 2.75) is 13.2 Å². The second kappa shape index (κ2) is 7.55. The zero-order chi connectivity index (χ0) is 15.1. The minimum Gasteiger partial charge on any atom is -0.497 e. The third kappa shape index (κ3) is 3.89. The summed E-state index contributed by atoms with van der Waals surface area (Å²) < 4.78 is 15.8. The van der Waals surface area contributed by atoms with Crippen molar-refractivity contribution in [1.82, 2.24) is 0 Å². The molecule has 0 saturated carbocycles. The molecule has 0 fully saturated rings. The number of ether oxygens (including phenoxy) is 3. The summed E-state index contributed by atoms with van der Waals surface area (Å²) in [5.41, 5.74) is 3.32. The summed E-state index contributed by atoms with van der Waals surface area (Å²) >= 11 is 0. The maximum atomic E-state index is 5.39. The highest BCUT2D eigenvalue weighted by Crippen LogP contribution is 2.29. The van der Waals surface area contributed by atoms with E-state index >= 15 is 0 Å². The van der Waals surface area contributed by atoms with Gasteiger partial charge in [0, 0.05) is 19.7 Å². The SMILES string of the molecule is COCc1ccccc1CNc1ccc(OC)cc1OC. The van der Waals surface area contributed by atoms with Crippen molar-refractivity contribution >= 4 is 5.69 Å². The topological polar surface area (TPSA) is 39.7 Å². The molecule has 0 atom stereocenters. The largest absolute Gasteiger partial charge is 0.497 e. The molecule has 0 aliphatic heterocycles. The van der Waals surface area contributed by atoms with Gasteiger partial charge in [0.1, 0.15) is 11.5 Å². The first-order chi connectivity index (χ1) is 10.3. The Hall–Kier alpha value is -2.20. The molecule has 4 nitrogen and oxygen atoms in total. The molecule has 2 aromatic rings. The lowest BCUT2D eigenvalue weighted by atomic mass is 10.1. The zero-order valence-corrected chi connectivity index (χ0v) is 12.7. The fourth-order valence-electron chi connectivity index (χ4n) is 2.16. The molecule has 1 N–H and O–H groups in total. The average Bonchev–Trinajstić information content (AvgIpc) is 2.54. The predicted octanol–water partition coefficient (Wildman–Crippen LogP) is 3.46. The van der Waals surface area contributed by atoms with Gasteiger partial charge < -0.3 is 19.5 Å². The fraction of sp³-hybridized carbons (Fsp3) is 0.294. The first-order valence-electron chi connectivity index (χ1n) is 6.80. The molecule has 2 rings (SSSR count). The third-order valence-corrected chi connectivity index (χ3v) is 3.30. The molecule has 0 aliphatic carbocycles. The van der Waals surface area contributed by atoms with E-state index < -0.39 is 0 Å². The summed E-state index contributed by atoms with van der Waals surface area (Å²) in [6, 6.07) is 13.9. The molecule has 0 aliphatic rings. The van der Waals surface area contributed by atoms with Crippen LogP contribution in [0.5, 0.6) is 11.5 Å². The van der Waals surface area contributed by atoms with Gasteiger partial charge in [-0.1, -0.05) is 24.3 Å². The van der Waals surface area contributed by atoms with E-state index in [9.17, 15) is 0 Å². The lowest BCUT2D eigenvalue weighted by Gasteiger charge is -2.14. The van der Waals surface area contributed by atoms with Gasteiger partial charge >= 0.3 is 0 Å². The highest BCUT2D eigenvalue weighted by molar-refractivity contribution is 5.59. The van der Waals surface area contributed by atoms with Gasteiger partial charge in [-0.2, -0.15) is 0 Å². The Bertz CT molecular complexity index is 584. The van der Waals surface area contributed by atoms with Crippen LogP contribution in [0.2, 0.25) is 0 Å². The van der Waals surface area contributed by atoms with Crippen molar-refractivity contribution in [1.29, 1.82) is 0 Å². The summed E-state index contributed by atoms with van der Waals surface area (Å²) in [6.45, 7) is 1.32. The number of rotatable bonds is 7. The molecule has 0 radical (unpaired) electrons. The molecule has 0 bridgehead atoms. The summed E-state index contributed by atoms with van der Waals surface area (Å²) in [5, 5.41) is 3.39. The zero-order valence-electron chi connectivity index (χ0n) is 12.7. The Balaban J connectivity index is 2.13. The molecule has 0 heterocycles. The summed E-state index contributed by atoms with van der Waals surface area (Å²) in [7, 11) is 5.00.